The van der Waals surface area contributed by atoms with Crippen LogP contribution in [0, 0.1) is 0 Å². The van der Waals surface area contributed by atoms with Gasteiger partial charge in [0.2, 0.25) is 0 Å². The summed E-state index contributed by atoms with van der Waals surface area (Å²) in [4.78, 5) is 0. The molecule has 2 heteroatoms. The minimum Gasteiger partial charge on any atom is -0.396 e. The maximum absolute atomic E-state index is 8.57. The lowest BCUT2D eigenvalue weighted by Crippen LogP contribution is -2.06. The fourth-order valence-electron chi connectivity index (χ4n) is 1.21. The van der Waals surface area contributed by atoms with Gasteiger partial charge in [0.15, 0.2) is 0 Å². The van der Waals surface area contributed by atoms with Crippen molar-refractivity contribution in [1.82, 2.24) is 0 Å². The molecular weight excluding hydrogens is 164 g/mol. The normalized spacial score (nSPS) is 13.8. The highest BCUT2D eigenvalue weighted by atomic mass is 16.5. The predicted molar refractivity (Wildman–Crippen MR) is 55.8 cm³/mol. The number of aliphatic hydroxyl groups excluding tert-OH is 1. The molecule has 0 saturated carbocycles. The fourth-order valence-corrected chi connectivity index (χ4v) is 1.21. The molecule has 0 amide bonds. The zero-order valence-corrected chi connectivity index (χ0v) is 8.83. The quantitative estimate of drug-likeness (QED) is 0.466. The Bertz CT molecular complexity index is 121. The van der Waals surface area contributed by atoms with Crippen LogP contribution in [0.5, 0.6) is 0 Å². The van der Waals surface area contributed by atoms with Crippen LogP contribution in [0.15, 0.2) is 12.2 Å². The molecule has 0 radical (unpaired) electrons. The summed E-state index contributed by atoms with van der Waals surface area (Å²) in [5, 5.41) is 8.57. The lowest BCUT2D eigenvalue weighted by molar-refractivity contribution is 0.130. The molecular formula is C11H22O2. The topological polar surface area (TPSA) is 29.5 Å². The zero-order valence-electron chi connectivity index (χ0n) is 8.83. The molecule has 1 unspecified atom stereocenters. The van der Waals surface area contributed by atoms with E-state index in [0.29, 0.717) is 0 Å². The Morgan fingerprint density at radius 2 is 2.15 bits per heavy atom. The number of methoxy groups -OCH3 is 1. The van der Waals surface area contributed by atoms with Gasteiger partial charge in [0.25, 0.3) is 0 Å². The van der Waals surface area contributed by atoms with E-state index in [2.05, 4.69) is 6.92 Å². The van der Waals surface area contributed by atoms with Gasteiger partial charge in [0, 0.05) is 13.7 Å². The smallest absolute Gasteiger partial charge is 0.0752 e. The number of aliphatic hydroxyl groups is 1. The van der Waals surface area contributed by atoms with Gasteiger partial charge in [-0.1, -0.05) is 38.3 Å². The Morgan fingerprint density at radius 3 is 2.69 bits per heavy atom. The van der Waals surface area contributed by atoms with Crippen LogP contribution in [-0.4, -0.2) is 24.9 Å². The third-order valence-electron chi connectivity index (χ3n) is 2.04. The molecule has 0 bridgehead atoms. The number of ether oxygens (including phenoxy) is 1. The van der Waals surface area contributed by atoms with Crippen LogP contribution in [0.3, 0.4) is 0 Å². The van der Waals surface area contributed by atoms with Crippen LogP contribution >= 0.6 is 0 Å². The van der Waals surface area contributed by atoms with E-state index >= 15 is 0 Å². The molecule has 78 valence electrons. The second kappa shape index (κ2) is 9.75. The van der Waals surface area contributed by atoms with E-state index in [1.165, 1.54) is 19.3 Å². The standard InChI is InChI=1S/C11H22O2/c1-3-4-5-8-11(13-2)9-6-7-10-12/h6,9,11-12H,3-5,7-8,10H2,1-2H3. The molecule has 0 aliphatic heterocycles. The zero-order chi connectivity index (χ0) is 9.94. The Kier molecular flexibility index (Phi) is 9.49. The van der Waals surface area contributed by atoms with Gasteiger partial charge in [-0.05, 0) is 12.8 Å². The van der Waals surface area contributed by atoms with E-state index in [4.69, 9.17) is 9.84 Å². The molecule has 13 heavy (non-hydrogen) atoms. The number of hydrogen-bond acceptors (Lipinski definition) is 2. The van der Waals surface area contributed by atoms with Crippen LogP contribution in [0.4, 0.5) is 0 Å². The summed E-state index contributed by atoms with van der Waals surface area (Å²) in [6, 6.07) is 0. The first-order valence-electron chi connectivity index (χ1n) is 5.15. The minimum atomic E-state index is 0.224. The summed E-state index contributed by atoms with van der Waals surface area (Å²) in [5.74, 6) is 0. The molecule has 0 rings (SSSR count). The first-order chi connectivity index (χ1) is 6.35. The third-order valence-corrected chi connectivity index (χ3v) is 2.04. The summed E-state index contributed by atoms with van der Waals surface area (Å²) < 4.78 is 5.28. The molecule has 1 N–H and O–H groups in total. The average Bonchev–Trinajstić information content (AvgIpc) is 2.16. The largest absolute Gasteiger partial charge is 0.396 e. The van der Waals surface area contributed by atoms with Crippen LogP contribution in [0.2, 0.25) is 0 Å². The van der Waals surface area contributed by atoms with Gasteiger partial charge in [-0.25, -0.2) is 0 Å². The summed E-state index contributed by atoms with van der Waals surface area (Å²) >= 11 is 0. The highest BCUT2D eigenvalue weighted by Crippen LogP contribution is 2.07. The lowest BCUT2D eigenvalue weighted by Gasteiger charge is -2.09. The maximum atomic E-state index is 8.57. The van der Waals surface area contributed by atoms with Gasteiger partial charge in [0.05, 0.1) is 6.10 Å². The molecule has 0 aliphatic rings. The van der Waals surface area contributed by atoms with Crippen molar-refractivity contribution in [3.8, 4) is 0 Å². The van der Waals surface area contributed by atoms with Crippen molar-refractivity contribution >= 4 is 0 Å². The highest BCUT2D eigenvalue weighted by Gasteiger charge is 2.00. The Labute approximate surface area is 81.6 Å². The molecule has 0 heterocycles. The van der Waals surface area contributed by atoms with Crippen molar-refractivity contribution in [1.29, 1.82) is 0 Å². The van der Waals surface area contributed by atoms with Crippen molar-refractivity contribution in [2.45, 2.75) is 45.1 Å². The van der Waals surface area contributed by atoms with E-state index in [-0.39, 0.29) is 12.7 Å². The van der Waals surface area contributed by atoms with Gasteiger partial charge in [-0.15, -0.1) is 0 Å². The van der Waals surface area contributed by atoms with E-state index in [9.17, 15) is 0 Å². The lowest BCUT2D eigenvalue weighted by atomic mass is 10.1. The molecule has 0 saturated heterocycles. The second-order valence-corrected chi connectivity index (χ2v) is 3.21. The van der Waals surface area contributed by atoms with E-state index in [1.807, 2.05) is 12.2 Å². The number of rotatable bonds is 8. The van der Waals surface area contributed by atoms with Gasteiger partial charge < -0.3 is 9.84 Å². The summed E-state index contributed by atoms with van der Waals surface area (Å²) in [6.07, 6.45) is 9.83. The van der Waals surface area contributed by atoms with Crippen molar-refractivity contribution in [3.63, 3.8) is 0 Å². The molecule has 0 fully saturated rings. The van der Waals surface area contributed by atoms with E-state index in [1.54, 1.807) is 7.11 Å². The van der Waals surface area contributed by atoms with E-state index < -0.39 is 0 Å². The van der Waals surface area contributed by atoms with Gasteiger partial charge in [0.1, 0.15) is 0 Å². The second-order valence-electron chi connectivity index (χ2n) is 3.21. The number of hydrogen-bond donors (Lipinski definition) is 1. The van der Waals surface area contributed by atoms with Gasteiger partial charge in [-0.2, -0.15) is 0 Å². The van der Waals surface area contributed by atoms with Crippen molar-refractivity contribution in [2.75, 3.05) is 13.7 Å². The van der Waals surface area contributed by atoms with Gasteiger partial charge in [-0.3, -0.25) is 0 Å². The van der Waals surface area contributed by atoms with Crippen LogP contribution in [0.1, 0.15) is 39.0 Å². The summed E-state index contributed by atoms with van der Waals surface area (Å²) in [5.41, 5.74) is 0. The molecule has 0 aromatic heterocycles. The van der Waals surface area contributed by atoms with Gasteiger partial charge >= 0.3 is 0 Å². The Morgan fingerprint density at radius 1 is 1.38 bits per heavy atom. The summed E-state index contributed by atoms with van der Waals surface area (Å²) in [6.45, 7) is 2.42. The molecule has 0 aliphatic carbocycles. The molecule has 0 aromatic rings. The van der Waals surface area contributed by atoms with Crippen LogP contribution in [-0.2, 0) is 4.74 Å². The maximum Gasteiger partial charge on any atom is 0.0752 e. The van der Waals surface area contributed by atoms with Crippen molar-refractivity contribution in [3.05, 3.63) is 12.2 Å². The molecule has 1 atom stereocenters. The Balaban J connectivity index is 3.50. The first-order valence-corrected chi connectivity index (χ1v) is 5.15. The molecule has 2 nitrogen and oxygen atoms in total. The monoisotopic (exact) mass is 186 g/mol. The fraction of sp³-hybridized carbons (Fsp3) is 0.818. The number of unbranched alkanes of at least 4 members (excludes halogenated alkanes) is 2. The average molecular weight is 186 g/mol. The third kappa shape index (κ3) is 8.00. The minimum absolute atomic E-state index is 0.224. The summed E-state index contributed by atoms with van der Waals surface area (Å²) in [7, 11) is 1.74. The first kappa shape index (κ1) is 12.7. The predicted octanol–water partition coefficient (Wildman–Crippen LogP) is 2.52. The van der Waals surface area contributed by atoms with Crippen LogP contribution < -0.4 is 0 Å². The highest BCUT2D eigenvalue weighted by molar-refractivity contribution is 4.89. The molecule has 0 aromatic carbocycles. The molecule has 0 spiro atoms. The van der Waals surface area contributed by atoms with E-state index in [0.717, 1.165) is 12.8 Å². The van der Waals surface area contributed by atoms with Crippen molar-refractivity contribution in [2.24, 2.45) is 0 Å². The Hall–Kier alpha value is -0.340. The van der Waals surface area contributed by atoms with Crippen LogP contribution in [0.25, 0.3) is 0 Å². The van der Waals surface area contributed by atoms with Crippen molar-refractivity contribution < 1.29 is 9.84 Å². The SMILES string of the molecule is CCCCCC(C=CCCO)OC.